The Bertz CT molecular complexity index is 488. The fraction of sp³-hybridized carbons (Fsp3) is 0.429. The Morgan fingerprint density at radius 1 is 0.682 bits per heavy atom. The molecular weight excluding hydrogens is 332 g/mol. The van der Waals surface area contributed by atoms with E-state index in [-0.39, 0.29) is 4.83 Å². The Kier molecular flexibility index (Phi) is 7.18. The minimum atomic E-state index is 0.285. The first kappa shape index (κ1) is 17.3. The van der Waals surface area contributed by atoms with Crippen molar-refractivity contribution in [2.75, 3.05) is 0 Å². The van der Waals surface area contributed by atoms with Crippen LogP contribution in [0.3, 0.4) is 0 Å². The van der Waals surface area contributed by atoms with Crippen molar-refractivity contribution in [1.29, 1.82) is 0 Å². The molecule has 2 aromatic rings. The van der Waals surface area contributed by atoms with Gasteiger partial charge in [-0.05, 0) is 47.9 Å². The molecule has 0 bridgehead atoms. The van der Waals surface area contributed by atoms with Crippen LogP contribution in [0.25, 0.3) is 0 Å². The standard InChI is InChI=1S/C21H27Br/c1-3-5-7-17-9-13-19(14-10-17)21(22)20-15-11-18(12-16-20)8-6-4-2/h9-16,21H,3-8H2,1-2H3. The second-order valence-corrected chi connectivity index (χ2v) is 6.97. The van der Waals surface area contributed by atoms with Crippen LogP contribution in [0.4, 0.5) is 0 Å². The third-order valence-electron chi connectivity index (χ3n) is 4.18. The highest BCUT2D eigenvalue weighted by molar-refractivity contribution is 9.09. The van der Waals surface area contributed by atoms with E-state index in [1.807, 2.05) is 0 Å². The summed E-state index contributed by atoms with van der Waals surface area (Å²) < 4.78 is 0. The number of halogens is 1. The number of aryl methyl sites for hydroxylation is 2. The maximum absolute atomic E-state index is 3.85. The van der Waals surface area contributed by atoms with Crippen LogP contribution in [0.15, 0.2) is 48.5 Å². The largest absolute Gasteiger partial charge is 0.0786 e. The van der Waals surface area contributed by atoms with Crippen LogP contribution in [-0.4, -0.2) is 0 Å². The van der Waals surface area contributed by atoms with E-state index in [0.29, 0.717) is 0 Å². The molecule has 0 atom stereocenters. The molecule has 0 saturated carbocycles. The molecule has 0 nitrogen and oxygen atoms in total. The molecule has 0 radical (unpaired) electrons. The molecule has 1 heteroatoms. The van der Waals surface area contributed by atoms with Crippen LogP contribution >= 0.6 is 15.9 Å². The molecular formula is C21H27Br. The third kappa shape index (κ3) is 4.98. The van der Waals surface area contributed by atoms with Gasteiger partial charge in [-0.25, -0.2) is 0 Å². The first-order chi connectivity index (χ1) is 10.7. The van der Waals surface area contributed by atoms with E-state index >= 15 is 0 Å². The number of hydrogen-bond donors (Lipinski definition) is 0. The van der Waals surface area contributed by atoms with E-state index in [2.05, 4.69) is 78.3 Å². The fourth-order valence-corrected chi connectivity index (χ4v) is 3.27. The summed E-state index contributed by atoms with van der Waals surface area (Å²) in [5, 5.41) is 0. The molecule has 0 N–H and O–H groups in total. The third-order valence-corrected chi connectivity index (χ3v) is 5.24. The zero-order chi connectivity index (χ0) is 15.8. The summed E-state index contributed by atoms with van der Waals surface area (Å²) in [6, 6.07) is 18.1. The molecule has 0 aliphatic rings. The normalized spacial score (nSPS) is 11.1. The molecule has 2 rings (SSSR count). The monoisotopic (exact) mass is 358 g/mol. The van der Waals surface area contributed by atoms with Crippen molar-refractivity contribution in [3.8, 4) is 0 Å². The molecule has 0 saturated heterocycles. The Labute approximate surface area is 144 Å². The van der Waals surface area contributed by atoms with Crippen LogP contribution in [0.1, 0.15) is 66.6 Å². The van der Waals surface area contributed by atoms with Crippen molar-refractivity contribution < 1.29 is 0 Å². The summed E-state index contributed by atoms with van der Waals surface area (Å²) in [5.41, 5.74) is 5.56. The molecule has 118 valence electrons. The van der Waals surface area contributed by atoms with Crippen molar-refractivity contribution in [3.05, 3.63) is 70.8 Å². The summed E-state index contributed by atoms with van der Waals surface area (Å²) in [5.74, 6) is 0. The van der Waals surface area contributed by atoms with Gasteiger partial charge in [-0.1, -0.05) is 91.1 Å². The lowest BCUT2D eigenvalue weighted by atomic mass is 9.99. The molecule has 22 heavy (non-hydrogen) atoms. The predicted octanol–water partition coefficient (Wildman–Crippen LogP) is 6.86. The molecule has 0 aliphatic carbocycles. The lowest BCUT2D eigenvalue weighted by Crippen LogP contribution is -1.94. The van der Waals surface area contributed by atoms with Gasteiger partial charge in [-0.3, -0.25) is 0 Å². The fourth-order valence-electron chi connectivity index (χ4n) is 2.66. The SMILES string of the molecule is CCCCc1ccc(C(Br)c2ccc(CCCC)cc2)cc1. The molecule has 0 spiro atoms. The molecule has 0 aromatic heterocycles. The molecule has 2 aromatic carbocycles. The molecule has 0 fully saturated rings. The second-order valence-electron chi connectivity index (χ2n) is 6.05. The second kappa shape index (κ2) is 9.15. The minimum Gasteiger partial charge on any atom is -0.0786 e. The lowest BCUT2D eigenvalue weighted by Gasteiger charge is -2.12. The van der Waals surface area contributed by atoms with Gasteiger partial charge in [0.2, 0.25) is 0 Å². The van der Waals surface area contributed by atoms with Gasteiger partial charge in [-0.2, -0.15) is 0 Å². The van der Waals surface area contributed by atoms with Crippen LogP contribution in [-0.2, 0) is 12.8 Å². The maximum Gasteiger partial charge on any atom is 0.0644 e. The number of rotatable bonds is 8. The van der Waals surface area contributed by atoms with E-state index < -0.39 is 0 Å². The van der Waals surface area contributed by atoms with E-state index in [9.17, 15) is 0 Å². The van der Waals surface area contributed by atoms with Crippen molar-refractivity contribution in [1.82, 2.24) is 0 Å². The van der Waals surface area contributed by atoms with Crippen LogP contribution < -0.4 is 0 Å². The van der Waals surface area contributed by atoms with E-state index in [4.69, 9.17) is 0 Å². The zero-order valence-corrected chi connectivity index (χ0v) is 15.4. The van der Waals surface area contributed by atoms with Gasteiger partial charge in [0.1, 0.15) is 0 Å². The Morgan fingerprint density at radius 2 is 1.05 bits per heavy atom. The van der Waals surface area contributed by atoms with Gasteiger partial charge in [0.15, 0.2) is 0 Å². The van der Waals surface area contributed by atoms with Gasteiger partial charge in [0, 0.05) is 0 Å². The van der Waals surface area contributed by atoms with Crippen LogP contribution in [0.2, 0.25) is 0 Å². The average molecular weight is 359 g/mol. The van der Waals surface area contributed by atoms with Gasteiger partial charge in [0.05, 0.1) is 4.83 Å². The smallest absolute Gasteiger partial charge is 0.0644 e. The maximum atomic E-state index is 3.85. The Balaban J connectivity index is 2.02. The quantitative estimate of drug-likeness (QED) is 0.452. The minimum absolute atomic E-state index is 0.285. The number of benzene rings is 2. The van der Waals surface area contributed by atoms with Gasteiger partial charge >= 0.3 is 0 Å². The first-order valence-electron chi connectivity index (χ1n) is 8.56. The summed E-state index contributed by atoms with van der Waals surface area (Å²) >= 11 is 3.85. The van der Waals surface area contributed by atoms with Gasteiger partial charge < -0.3 is 0 Å². The van der Waals surface area contributed by atoms with Crippen LogP contribution in [0.5, 0.6) is 0 Å². The van der Waals surface area contributed by atoms with Crippen molar-refractivity contribution in [3.63, 3.8) is 0 Å². The molecule has 0 heterocycles. The summed E-state index contributed by atoms with van der Waals surface area (Å²) in [4.78, 5) is 0.285. The summed E-state index contributed by atoms with van der Waals surface area (Å²) in [6.45, 7) is 4.49. The number of alkyl halides is 1. The highest BCUT2D eigenvalue weighted by Gasteiger charge is 2.10. The topological polar surface area (TPSA) is 0 Å². The van der Waals surface area contributed by atoms with Crippen molar-refractivity contribution >= 4 is 15.9 Å². The number of hydrogen-bond acceptors (Lipinski definition) is 0. The molecule has 0 amide bonds. The summed E-state index contributed by atoms with van der Waals surface area (Å²) in [7, 11) is 0. The first-order valence-corrected chi connectivity index (χ1v) is 9.48. The highest BCUT2D eigenvalue weighted by atomic mass is 79.9. The Hall–Kier alpha value is -1.08. The van der Waals surface area contributed by atoms with E-state index in [1.54, 1.807) is 0 Å². The number of unbranched alkanes of at least 4 members (excludes halogenated alkanes) is 2. The lowest BCUT2D eigenvalue weighted by molar-refractivity contribution is 0.794. The van der Waals surface area contributed by atoms with Gasteiger partial charge in [-0.15, -0.1) is 0 Å². The summed E-state index contributed by atoms with van der Waals surface area (Å²) in [6.07, 6.45) is 7.44. The van der Waals surface area contributed by atoms with Crippen LogP contribution in [0, 0.1) is 0 Å². The molecule has 0 aliphatic heterocycles. The predicted molar refractivity (Wildman–Crippen MR) is 101 cm³/mol. The molecule has 0 unspecified atom stereocenters. The highest BCUT2D eigenvalue weighted by Crippen LogP contribution is 2.31. The Morgan fingerprint density at radius 3 is 1.36 bits per heavy atom. The van der Waals surface area contributed by atoms with Crippen molar-refractivity contribution in [2.45, 2.75) is 57.2 Å². The van der Waals surface area contributed by atoms with Gasteiger partial charge in [0.25, 0.3) is 0 Å². The zero-order valence-electron chi connectivity index (χ0n) is 13.8. The van der Waals surface area contributed by atoms with E-state index in [0.717, 1.165) is 0 Å². The average Bonchev–Trinajstić information content (AvgIpc) is 2.58. The van der Waals surface area contributed by atoms with E-state index in [1.165, 1.54) is 60.8 Å². The van der Waals surface area contributed by atoms with Crippen molar-refractivity contribution in [2.24, 2.45) is 0 Å².